The van der Waals surface area contributed by atoms with Crippen LogP contribution in [0.5, 0.6) is 0 Å². The summed E-state index contributed by atoms with van der Waals surface area (Å²) >= 11 is 0. The van der Waals surface area contributed by atoms with Crippen LogP contribution in [0.4, 0.5) is 5.69 Å². The number of ether oxygens (including phenoxy) is 1. The maximum atomic E-state index is 13.8. The van der Waals surface area contributed by atoms with Crippen molar-refractivity contribution in [1.29, 1.82) is 0 Å². The molecule has 0 unspecified atom stereocenters. The van der Waals surface area contributed by atoms with Gasteiger partial charge in [0.25, 0.3) is 5.91 Å². The highest BCUT2D eigenvalue weighted by Gasteiger charge is 2.38. The van der Waals surface area contributed by atoms with Crippen molar-refractivity contribution in [2.45, 2.75) is 24.8 Å². The number of carbonyl (C=O) groups excluding carboxylic acids is 1. The Morgan fingerprint density at radius 2 is 1.58 bits per heavy atom. The van der Waals surface area contributed by atoms with Crippen LogP contribution in [0.3, 0.4) is 0 Å². The predicted molar refractivity (Wildman–Crippen MR) is 163 cm³/mol. The Labute approximate surface area is 250 Å². The molecule has 1 aliphatic rings. The first-order valence-corrected chi connectivity index (χ1v) is 15.6. The lowest BCUT2D eigenvalue weighted by atomic mass is 10.0. The van der Waals surface area contributed by atoms with Crippen LogP contribution in [0.2, 0.25) is 0 Å². The fourth-order valence-corrected chi connectivity index (χ4v) is 6.91. The molecule has 3 aromatic carbocycles. The topological polar surface area (TPSA) is 129 Å². The molecule has 1 amide bonds. The summed E-state index contributed by atoms with van der Waals surface area (Å²) in [5, 5.41) is 13.6. The summed E-state index contributed by atoms with van der Waals surface area (Å²) in [6, 6.07) is 21.4. The molecule has 0 bridgehead atoms. The first-order chi connectivity index (χ1) is 20.6. The molecule has 1 fully saturated rings. The van der Waals surface area contributed by atoms with E-state index in [0.29, 0.717) is 44.1 Å². The Morgan fingerprint density at radius 3 is 2.19 bits per heavy atom. The lowest BCUT2D eigenvalue weighted by Gasteiger charge is -2.33. The molecule has 0 aliphatic carbocycles. The van der Waals surface area contributed by atoms with E-state index in [0.717, 1.165) is 20.8 Å². The summed E-state index contributed by atoms with van der Waals surface area (Å²) in [5.41, 5.74) is 2.81. The molecule has 1 atom stereocenters. The van der Waals surface area contributed by atoms with Crippen molar-refractivity contribution in [1.82, 2.24) is 9.21 Å². The maximum absolute atomic E-state index is 13.8. The third-order valence-electron chi connectivity index (χ3n) is 7.52. The number of carboxylic acids is 1. The SMILES string of the molecule is CC(C)[C@@H](C(=O)O)N(CCN1CCOCC1)S(=O)(=O)c1ccc(-c2ccc(NC(=O)c3cc4ccccc4o3)cc2)cc1. The number of benzene rings is 3. The van der Waals surface area contributed by atoms with Gasteiger partial charge in [0.15, 0.2) is 5.76 Å². The number of rotatable bonds is 11. The van der Waals surface area contributed by atoms with Crippen LogP contribution in [-0.2, 0) is 19.6 Å². The van der Waals surface area contributed by atoms with Gasteiger partial charge in [-0.05, 0) is 53.4 Å². The fourth-order valence-electron chi connectivity index (χ4n) is 5.20. The van der Waals surface area contributed by atoms with E-state index >= 15 is 0 Å². The number of fused-ring (bicyclic) bond motifs is 1. The minimum absolute atomic E-state index is 0.0276. The van der Waals surface area contributed by atoms with Gasteiger partial charge in [-0.15, -0.1) is 0 Å². The quantitative estimate of drug-likeness (QED) is 0.250. The minimum Gasteiger partial charge on any atom is -0.480 e. The molecule has 0 saturated carbocycles. The average Bonchev–Trinajstić information content (AvgIpc) is 3.44. The third-order valence-corrected chi connectivity index (χ3v) is 9.42. The number of nitrogens with one attached hydrogen (secondary N) is 1. The Balaban J connectivity index is 1.30. The number of furan rings is 1. The molecule has 226 valence electrons. The van der Waals surface area contributed by atoms with Crippen molar-refractivity contribution in [2.75, 3.05) is 44.7 Å². The normalized spacial score (nSPS) is 15.2. The second kappa shape index (κ2) is 13.1. The van der Waals surface area contributed by atoms with Gasteiger partial charge in [0.2, 0.25) is 10.0 Å². The number of carboxylic acid groups (broad SMARTS) is 1. The summed E-state index contributed by atoms with van der Waals surface area (Å²) < 4.78 is 39.7. The molecule has 11 heteroatoms. The predicted octanol–water partition coefficient (Wildman–Crippen LogP) is 4.78. The Morgan fingerprint density at radius 1 is 0.953 bits per heavy atom. The zero-order valence-corrected chi connectivity index (χ0v) is 24.9. The van der Waals surface area contributed by atoms with Gasteiger partial charge >= 0.3 is 5.97 Å². The number of morpholine rings is 1. The van der Waals surface area contributed by atoms with Crippen molar-refractivity contribution in [3.8, 4) is 11.1 Å². The zero-order valence-electron chi connectivity index (χ0n) is 24.1. The van der Waals surface area contributed by atoms with Crippen LogP contribution in [0.15, 0.2) is 88.2 Å². The second-order valence-electron chi connectivity index (χ2n) is 10.8. The van der Waals surface area contributed by atoms with Crippen molar-refractivity contribution < 1.29 is 32.3 Å². The van der Waals surface area contributed by atoms with E-state index in [1.54, 1.807) is 50.2 Å². The number of nitrogens with zero attached hydrogens (tertiary/aromatic N) is 2. The Bertz CT molecular complexity index is 1640. The van der Waals surface area contributed by atoms with E-state index in [-0.39, 0.29) is 23.1 Å². The molecule has 2 N–H and O–H groups in total. The Hall–Kier alpha value is -4.03. The van der Waals surface area contributed by atoms with Gasteiger partial charge in [0.05, 0.1) is 18.1 Å². The summed E-state index contributed by atoms with van der Waals surface area (Å²) in [4.78, 5) is 27.0. The van der Waals surface area contributed by atoms with Crippen LogP contribution in [0, 0.1) is 5.92 Å². The van der Waals surface area contributed by atoms with Crippen molar-refractivity contribution in [3.05, 3.63) is 84.6 Å². The number of para-hydroxylation sites is 1. The highest BCUT2D eigenvalue weighted by Crippen LogP contribution is 2.27. The average molecular weight is 606 g/mol. The molecule has 0 spiro atoms. The van der Waals surface area contributed by atoms with E-state index in [9.17, 15) is 23.1 Å². The molecular formula is C32H35N3O7S. The highest BCUT2D eigenvalue weighted by atomic mass is 32.2. The molecule has 1 aliphatic heterocycles. The summed E-state index contributed by atoms with van der Waals surface area (Å²) in [6.07, 6.45) is 0. The van der Waals surface area contributed by atoms with E-state index < -0.39 is 28.0 Å². The molecule has 1 aromatic heterocycles. The highest BCUT2D eigenvalue weighted by molar-refractivity contribution is 7.89. The molecule has 0 radical (unpaired) electrons. The van der Waals surface area contributed by atoms with Crippen LogP contribution in [0.1, 0.15) is 24.4 Å². The van der Waals surface area contributed by atoms with Crippen molar-refractivity contribution >= 4 is 38.6 Å². The zero-order chi connectivity index (χ0) is 30.6. The molecule has 1 saturated heterocycles. The molecule has 5 rings (SSSR count). The lowest BCUT2D eigenvalue weighted by molar-refractivity contribution is -0.143. The summed E-state index contributed by atoms with van der Waals surface area (Å²) in [5.74, 6) is -1.76. The minimum atomic E-state index is -4.11. The van der Waals surface area contributed by atoms with Gasteiger partial charge in [-0.3, -0.25) is 14.5 Å². The van der Waals surface area contributed by atoms with Crippen LogP contribution >= 0.6 is 0 Å². The third kappa shape index (κ3) is 6.97. The molecule has 10 nitrogen and oxygen atoms in total. The number of hydrogen-bond acceptors (Lipinski definition) is 7. The summed E-state index contributed by atoms with van der Waals surface area (Å²) in [7, 11) is -4.11. The molecule has 2 heterocycles. The number of anilines is 1. The number of hydrogen-bond donors (Lipinski definition) is 2. The van der Waals surface area contributed by atoms with E-state index in [4.69, 9.17) is 9.15 Å². The van der Waals surface area contributed by atoms with Crippen LogP contribution in [0.25, 0.3) is 22.1 Å². The smallest absolute Gasteiger partial charge is 0.322 e. The molecule has 4 aromatic rings. The fraction of sp³-hybridized carbons (Fsp3) is 0.312. The first-order valence-electron chi connectivity index (χ1n) is 14.2. The van der Waals surface area contributed by atoms with Gasteiger partial charge in [-0.25, -0.2) is 8.42 Å². The number of aliphatic carboxylic acids is 1. The molecular weight excluding hydrogens is 570 g/mol. The van der Waals surface area contributed by atoms with E-state index in [1.807, 2.05) is 30.3 Å². The molecule has 43 heavy (non-hydrogen) atoms. The van der Waals surface area contributed by atoms with Crippen LogP contribution < -0.4 is 5.32 Å². The second-order valence-corrected chi connectivity index (χ2v) is 12.7. The number of sulfonamides is 1. The van der Waals surface area contributed by atoms with Gasteiger partial charge in [0, 0.05) is 37.3 Å². The maximum Gasteiger partial charge on any atom is 0.322 e. The van der Waals surface area contributed by atoms with Gasteiger partial charge in [0.1, 0.15) is 11.6 Å². The Kier molecular flexibility index (Phi) is 9.26. The summed E-state index contributed by atoms with van der Waals surface area (Å²) in [6.45, 7) is 6.36. The standard InChI is InChI=1S/C32H35N3O7S/c1-22(2)30(32(37)38)35(16-15-34-17-19-41-20-18-34)43(39,40)27-13-9-24(10-14-27)23-7-11-26(12-8-23)33-31(36)29-21-25-5-3-4-6-28(25)42-29/h3-14,21-22,30H,15-20H2,1-2H3,(H,33,36)(H,37,38)/t30-/m0/s1. The van der Waals surface area contributed by atoms with Gasteiger partial charge in [-0.1, -0.05) is 56.3 Å². The van der Waals surface area contributed by atoms with Crippen molar-refractivity contribution in [2.24, 2.45) is 5.92 Å². The number of amides is 1. The number of carbonyl (C=O) groups is 2. The van der Waals surface area contributed by atoms with Crippen LogP contribution in [-0.4, -0.2) is 80.0 Å². The lowest BCUT2D eigenvalue weighted by Crippen LogP contribution is -2.51. The van der Waals surface area contributed by atoms with Gasteiger partial charge in [-0.2, -0.15) is 4.31 Å². The van der Waals surface area contributed by atoms with E-state index in [2.05, 4.69) is 10.2 Å². The largest absolute Gasteiger partial charge is 0.480 e. The van der Waals surface area contributed by atoms with E-state index in [1.165, 1.54) is 12.1 Å². The van der Waals surface area contributed by atoms with Crippen molar-refractivity contribution in [3.63, 3.8) is 0 Å². The van der Waals surface area contributed by atoms with Gasteiger partial charge < -0.3 is 19.6 Å². The monoisotopic (exact) mass is 605 g/mol. The first kappa shape index (κ1) is 30.4.